The molecule has 0 radical (unpaired) electrons. The number of nitrogens with zero attached hydrogens (tertiary/aromatic N) is 1. The first-order valence-electron chi connectivity index (χ1n) is 8.41. The van der Waals surface area contributed by atoms with E-state index in [0.29, 0.717) is 6.04 Å². The second-order valence-electron chi connectivity index (χ2n) is 6.93. The van der Waals surface area contributed by atoms with E-state index in [1.165, 1.54) is 32.1 Å². The Bertz CT molecular complexity index is 225. The number of hydrogen-bond acceptors (Lipinski definition) is 2. The summed E-state index contributed by atoms with van der Waals surface area (Å²) in [4.78, 5) is 2.42. The summed E-state index contributed by atoms with van der Waals surface area (Å²) in [7, 11) is 4.47. The average Bonchev–Trinajstić information content (AvgIpc) is 2.36. The van der Waals surface area contributed by atoms with Gasteiger partial charge in [-0.1, -0.05) is 47.0 Å². The SMILES string of the molecule is CCC(CC)C(CNC1C(C)CCCC1C)N(C)C. The van der Waals surface area contributed by atoms with E-state index in [4.69, 9.17) is 0 Å². The van der Waals surface area contributed by atoms with Crippen LogP contribution in [-0.4, -0.2) is 37.6 Å². The van der Waals surface area contributed by atoms with Crippen molar-refractivity contribution in [2.75, 3.05) is 20.6 Å². The number of likely N-dealkylation sites (N-methyl/N-ethyl adjacent to an activating group) is 1. The van der Waals surface area contributed by atoms with Crippen LogP contribution in [0.15, 0.2) is 0 Å². The Morgan fingerprint density at radius 3 is 2.00 bits per heavy atom. The summed E-state index contributed by atoms with van der Waals surface area (Å²) < 4.78 is 0. The van der Waals surface area contributed by atoms with E-state index < -0.39 is 0 Å². The molecule has 3 atom stereocenters. The topological polar surface area (TPSA) is 15.3 Å². The molecule has 0 bridgehead atoms. The highest BCUT2D eigenvalue weighted by molar-refractivity contribution is 4.86. The summed E-state index contributed by atoms with van der Waals surface area (Å²) in [6.45, 7) is 10.7. The minimum atomic E-state index is 0.677. The summed E-state index contributed by atoms with van der Waals surface area (Å²) >= 11 is 0. The fourth-order valence-corrected chi connectivity index (χ4v) is 3.94. The smallest absolute Gasteiger partial charge is 0.0242 e. The van der Waals surface area contributed by atoms with Gasteiger partial charge in [-0.3, -0.25) is 0 Å². The molecule has 0 aliphatic heterocycles. The van der Waals surface area contributed by atoms with Crippen LogP contribution in [0.25, 0.3) is 0 Å². The molecule has 1 aliphatic carbocycles. The van der Waals surface area contributed by atoms with Crippen molar-refractivity contribution in [3.05, 3.63) is 0 Å². The monoisotopic (exact) mass is 268 g/mol. The quantitative estimate of drug-likeness (QED) is 0.756. The summed E-state index contributed by atoms with van der Waals surface area (Å²) in [6, 6.07) is 1.40. The van der Waals surface area contributed by atoms with Crippen molar-refractivity contribution in [3.63, 3.8) is 0 Å². The molecule has 1 fully saturated rings. The van der Waals surface area contributed by atoms with Crippen molar-refractivity contribution in [2.45, 2.75) is 71.9 Å². The van der Waals surface area contributed by atoms with Crippen molar-refractivity contribution in [1.29, 1.82) is 0 Å². The number of nitrogens with one attached hydrogen (secondary N) is 1. The Labute approximate surface area is 121 Å². The molecule has 0 saturated heterocycles. The molecule has 0 aromatic heterocycles. The van der Waals surface area contributed by atoms with Crippen LogP contribution in [-0.2, 0) is 0 Å². The molecule has 0 amide bonds. The molecule has 2 heteroatoms. The molecule has 0 aromatic rings. The van der Waals surface area contributed by atoms with Crippen LogP contribution in [0.3, 0.4) is 0 Å². The van der Waals surface area contributed by atoms with Gasteiger partial charge in [0.2, 0.25) is 0 Å². The molecule has 0 aromatic carbocycles. The van der Waals surface area contributed by atoms with E-state index >= 15 is 0 Å². The van der Waals surface area contributed by atoms with E-state index in [1.807, 2.05) is 0 Å². The Morgan fingerprint density at radius 1 is 1.05 bits per heavy atom. The van der Waals surface area contributed by atoms with Crippen molar-refractivity contribution in [2.24, 2.45) is 17.8 Å². The molecular formula is C17H36N2. The van der Waals surface area contributed by atoms with Crippen LogP contribution in [0.1, 0.15) is 59.8 Å². The summed E-state index contributed by atoms with van der Waals surface area (Å²) in [5.41, 5.74) is 0. The summed E-state index contributed by atoms with van der Waals surface area (Å²) in [5, 5.41) is 3.91. The third-order valence-corrected chi connectivity index (χ3v) is 5.36. The third kappa shape index (κ3) is 4.75. The maximum Gasteiger partial charge on any atom is 0.0242 e. The van der Waals surface area contributed by atoms with Gasteiger partial charge < -0.3 is 10.2 Å². The molecule has 114 valence electrons. The van der Waals surface area contributed by atoms with Gasteiger partial charge in [0.1, 0.15) is 0 Å². The van der Waals surface area contributed by atoms with E-state index in [1.54, 1.807) is 0 Å². The van der Waals surface area contributed by atoms with Crippen LogP contribution < -0.4 is 5.32 Å². The zero-order chi connectivity index (χ0) is 14.4. The van der Waals surface area contributed by atoms with Crippen molar-refractivity contribution >= 4 is 0 Å². The first-order valence-corrected chi connectivity index (χ1v) is 8.41. The zero-order valence-corrected chi connectivity index (χ0v) is 14.1. The Morgan fingerprint density at radius 2 is 1.58 bits per heavy atom. The number of rotatable bonds is 7. The maximum atomic E-state index is 3.91. The highest BCUT2D eigenvalue weighted by Gasteiger charge is 2.29. The van der Waals surface area contributed by atoms with E-state index in [-0.39, 0.29) is 0 Å². The Hall–Kier alpha value is -0.0800. The summed E-state index contributed by atoms with van der Waals surface area (Å²) in [5.74, 6) is 2.50. The molecular weight excluding hydrogens is 232 g/mol. The lowest BCUT2D eigenvalue weighted by molar-refractivity contribution is 0.156. The van der Waals surface area contributed by atoms with Gasteiger partial charge in [0, 0.05) is 18.6 Å². The van der Waals surface area contributed by atoms with Gasteiger partial charge in [0.25, 0.3) is 0 Å². The van der Waals surface area contributed by atoms with Crippen LogP contribution in [0, 0.1) is 17.8 Å². The standard InChI is InChI=1S/C17H36N2/c1-7-15(8-2)16(19(5)6)12-18-17-13(3)10-9-11-14(17)4/h13-18H,7-12H2,1-6H3. The van der Waals surface area contributed by atoms with Gasteiger partial charge in [0.15, 0.2) is 0 Å². The second kappa shape index (κ2) is 8.26. The third-order valence-electron chi connectivity index (χ3n) is 5.36. The van der Waals surface area contributed by atoms with Crippen LogP contribution >= 0.6 is 0 Å². The van der Waals surface area contributed by atoms with E-state index in [0.717, 1.165) is 30.3 Å². The average molecular weight is 268 g/mol. The van der Waals surface area contributed by atoms with Crippen LogP contribution in [0.5, 0.6) is 0 Å². The fraction of sp³-hybridized carbons (Fsp3) is 1.00. The molecule has 1 aliphatic rings. The van der Waals surface area contributed by atoms with Crippen molar-refractivity contribution in [1.82, 2.24) is 10.2 Å². The van der Waals surface area contributed by atoms with Gasteiger partial charge >= 0.3 is 0 Å². The predicted octanol–water partition coefficient (Wildman–Crippen LogP) is 3.77. The van der Waals surface area contributed by atoms with E-state index in [9.17, 15) is 0 Å². The lowest BCUT2D eigenvalue weighted by atomic mass is 9.78. The summed E-state index contributed by atoms with van der Waals surface area (Å²) in [6.07, 6.45) is 6.80. The van der Waals surface area contributed by atoms with Gasteiger partial charge in [0.05, 0.1) is 0 Å². The van der Waals surface area contributed by atoms with Gasteiger partial charge in [-0.25, -0.2) is 0 Å². The highest BCUT2D eigenvalue weighted by atomic mass is 15.1. The lowest BCUT2D eigenvalue weighted by Gasteiger charge is -2.39. The molecule has 0 heterocycles. The first-order chi connectivity index (χ1) is 9.01. The molecule has 2 nitrogen and oxygen atoms in total. The van der Waals surface area contributed by atoms with Crippen molar-refractivity contribution in [3.8, 4) is 0 Å². The normalized spacial score (nSPS) is 30.0. The minimum absolute atomic E-state index is 0.677. The van der Waals surface area contributed by atoms with Gasteiger partial charge in [-0.05, 0) is 44.7 Å². The van der Waals surface area contributed by atoms with Gasteiger partial charge in [-0.2, -0.15) is 0 Å². The van der Waals surface area contributed by atoms with Gasteiger partial charge in [-0.15, -0.1) is 0 Å². The van der Waals surface area contributed by atoms with E-state index in [2.05, 4.69) is 52.0 Å². The number of hydrogen-bond donors (Lipinski definition) is 1. The Balaban J connectivity index is 2.55. The maximum absolute atomic E-state index is 3.91. The molecule has 1 N–H and O–H groups in total. The lowest BCUT2D eigenvalue weighted by Crippen LogP contribution is -2.50. The first kappa shape index (κ1) is 17.0. The second-order valence-corrected chi connectivity index (χ2v) is 6.93. The van der Waals surface area contributed by atoms with Crippen LogP contribution in [0.4, 0.5) is 0 Å². The molecule has 3 unspecified atom stereocenters. The largest absolute Gasteiger partial charge is 0.312 e. The zero-order valence-electron chi connectivity index (χ0n) is 14.1. The molecule has 19 heavy (non-hydrogen) atoms. The molecule has 1 rings (SSSR count). The predicted molar refractivity (Wildman–Crippen MR) is 85.5 cm³/mol. The van der Waals surface area contributed by atoms with Crippen molar-refractivity contribution < 1.29 is 0 Å². The highest BCUT2D eigenvalue weighted by Crippen LogP contribution is 2.29. The minimum Gasteiger partial charge on any atom is -0.312 e. The molecule has 1 saturated carbocycles. The Kier molecular flexibility index (Phi) is 7.38. The fourth-order valence-electron chi connectivity index (χ4n) is 3.94. The van der Waals surface area contributed by atoms with Crippen LogP contribution in [0.2, 0.25) is 0 Å². The molecule has 0 spiro atoms.